The Bertz CT molecular complexity index is 1320. The summed E-state index contributed by atoms with van der Waals surface area (Å²) in [6.07, 6.45) is 4.29. The first kappa shape index (κ1) is 28.0. The highest BCUT2D eigenvalue weighted by Crippen LogP contribution is 2.31. The van der Waals surface area contributed by atoms with E-state index < -0.39 is 23.8 Å². The Kier molecular flexibility index (Phi) is 9.31. The molecule has 2 amide bonds. The smallest absolute Gasteiger partial charge is 0.326 e. The lowest BCUT2D eigenvalue weighted by Gasteiger charge is -2.28. The van der Waals surface area contributed by atoms with Crippen LogP contribution in [0.4, 0.5) is 5.69 Å². The van der Waals surface area contributed by atoms with Crippen molar-refractivity contribution in [1.82, 2.24) is 5.32 Å². The summed E-state index contributed by atoms with van der Waals surface area (Å²) >= 11 is 18.5. The van der Waals surface area contributed by atoms with Crippen LogP contribution in [-0.4, -0.2) is 28.9 Å². The number of carbonyl (C=O) groups is 3. The molecule has 38 heavy (non-hydrogen) atoms. The lowest BCUT2D eigenvalue weighted by molar-refractivity contribution is -0.141. The zero-order valence-corrected chi connectivity index (χ0v) is 22.7. The van der Waals surface area contributed by atoms with Gasteiger partial charge in [0, 0.05) is 15.1 Å². The van der Waals surface area contributed by atoms with Crippen molar-refractivity contribution in [3.63, 3.8) is 0 Å². The topological polar surface area (TPSA) is 95.5 Å². The van der Waals surface area contributed by atoms with Crippen molar-refractivity contribution in [3.05, 3.63) is 86.9 Å². The number of carbonyl (C=O) groups excluding carboxylic acids is 2. The van der Waals surface area contributed by atoms with Crippen molar-refractivity contribution in [2.45, 2.75) is 44.6 Å². The van der Waals surface area contributed by atoms with Crippen LogP contribution in [0.2, 0.25) is 15.1 Å². The second kappa shape index (κ2) is 12.7. The number of carboxylic acids is 1. The average Bonchev–Trinajstić information content (AvgIpc) is 2.90. The molecule has 0 spiro atoms. The quantitative estimate of drug-likeness (QED) is 0.264. The van der Waals surface area contributed by atoms with Gasteiger partial charge in [-0.25, -0.2) is 4.79 Å². The number of carboxylic acid groups (broad SMARTS) is 1. The highest BCUT2D eigenvalue weighted by atomic mass is 35.5. The molecule has 0 heterocycles. The molecule has 1 aliphatic rings. The number of hydrogen-bond donors (Lipinski definition) is 3. The summed E-state index contributed by atoms with van der Waals surface area (Å²) in [5.74, 6) is -2.22. The zero-order chi connectivity index (χ0) is 27.2. The average molecular weight is 574 g/mol. The number of aliphatic carboxylic acids is 1. The summed E-state index contributed by atoms with van der Waals surface area (Å²) in [6.45, 7) is 0. The largest absolute Gasteiger partial charge is 0.480 e. The van der Waals surface area contributed by atoms with E-state index in [0.717, 1.165) is 43.2 Å². The van der Waals surface area contributed by atoms with Gasteiger partial charge in [-0.3, -0.25) is 9.59 Å². The van der Waals surface area contributed by atoms with Crippen molar-refractivity contribution in [1.29, 1.82) is 0 Å². The minimum Gasteiger partial charge on any atom is -0.480 e. The number of hydrogen-bond acceptors (Lipinski definition) is 3. The Morgan fingerprint density at radius 3 is 2.16 bits per heavy atom. The van der Waals surface area contributed by atoms with Gasteiger partial charge in [0.05, 0.1) is 17.7 Å². The van der Waals surface area contributed by atoms with Crippen LogP contribution in [-0.2, 0) is 16.0 Å². The summed E-state index contributed by atoms with van der Waals surface area (Å²) in [5, 5.41) is 16.2. The summed E-state index contributed by atoms with van der Waals surface area (Å²) in [7, 11) is 0. The second-order valence-corrected chi connectivity index (χ2v) is 10.6. The fourth-order valence-electron chi connectivity index (χ4n) is 4.82. The molecular formula is C29H27Cl3N2O4. The van der Waals surface area contributed by atoms with Crippen LogP contribution in [0, 0.1) is 5.92 Å². The van der Waals surface area contributed by atoms with Crippen LogP contribution >= 0.6 is 34.8 Å². The van der Waals surface area contributed by atoms with Gasteiger partial charge < -0.3 is 15.7 Å². The number of halogens is 3. The van der Waals surface area contributed by atoms with Crippen LogP contribution in [0.25, 0.3) is 11.1 Å². The van der Waals surface area contributed by atoms with E-state index in [1.165, 1.54) is 12.1 Å². The molecule has 3 aromatic rings. The molecule has 3 aromatic carbocycles. The van der Waals surface area contributed by atoms with Crippen molar-refractivity contribution < 1.29 is 19.5 Å². The number of nitrogens with one attached hydrogen (secondary N) is 2. The first-order chi connectivity index (χ1) is 18.2. The van der Waals surface area contributed by atoms with Crippen molar-refractivity contribution in [2.75, 3.05) is 5.32 Å². The Balaban J connectivity index is 1.63. The molecule has 1 atom stereocenters. The molecule has 1 fully saturated rings. The van der Waals surface area contributed by atoms with Gasteiger partial charge in [0.2, 0.25) is 5.91 Å². The van der Waals surface area contributed by atoms with E-state index in [0.29, 0.717) is 10.6 Å². The summed E-state index contributed by atoms with van der Waals surface area (Å²) in [5.41, 5.74) is 2.49. The molecule has 3 N–H and O–H groups in total. The van der Waals surface area contributed by atoms with Crippen LogP contribution in [0.15, 0.2) is 60.7 Å². The van der Waals surface area contributed by atoms with Crippen molar-refractivity contribution in [2.24, 2.45) is 5.92 Å². The van der Waals surface area contributed by atoms with Gasteiger partial charge in [-0.15, -0.1) is 0 Å². The van der Waals surface area contributed by atoms with Gasteiger partial charge in [-0.1, -0.05) is 90.5 Å². The van der Waals surface area contributed by atoms with Crippen LogP contribution in [0.5, 0.6) is 0 Å². The Hall–Kier alpha value is -3.06. The third-order valence-electron chi connectivity index (χ3n) is 6.76. The third kappa shape index (κ3) is 6.87. The van der Waals surface area contributed by atoms with E-state index in [2.05, 4.69) is 10.6 Å². The van der Waals surface area contributed by atoms with E-state index in [-0.39, 0.29) is 33.6 Å². The van der Waals surface area contributed by atoms with Crippen LogP contribution < -0.4 is 10.6 Å². The minimum absolute atomic E-state index is 0.138. The van der Waals surface area contributed by atoms with E-state index in [4.69, 9.17) is 34.8 Å². The fraction of sp³-hybridized carbons (Fsp3) is 0.276. The first-order valence-corrected chi connectivity index (χ1v) is 13.5. The van der Waals surface area contributed by atoms with E-state index in [9.17, 15) is 19.5 Å². The van der Waals surface area contributed by atoms with Crippen molar-refractivity contribution in [3.8, 4) is 11.1 Å². The molecule has 6 nitrogen and oxygen atoms in total. The molecule has 9 heteroatoms. The SMILES string of the molecule is O=C(Cc1c(Cl)cc(Cl)cc1Cl)Nc1cc(-c2ccccc2)ccc1C(=O)NC(C(=O)O)C1CCCCC1. The lowest BCUT2D eigenvalue weighted by Crippen LogP contribution is -2.46. The molecule has 0 bridgehead atoms. The number of rotatable bonds is 8. The monoisotopic (exact) mass is 572 g/mol. The van der Waals surface area contributed by atoms with Gasteiger partial charge in [0.25, 0.3) is 5.91 Å². The maximum atomic E-state index is 13.4. The maximum absolute atomic E-state index is 13.4. The molecule has 198 valence electrons. The van der Waals surface area contributed by atoms with Gasteiger partial charge >= 0.3 is 5.97 Å². The van der Waals surface area contributed by atoms with E-state index in [1.807, 2.05) is 30.3 Å². The standard InChI is InChI=1S/C29H27Cl3N2O4/c30-20-14-23(31)22(24(32)15-20)16-26(35)33-25-13-19(17-7-3-1-4-8-17)11-12-21(25)28(36)34-27(29(37)38)18-9-5-2-6-10-18/h1,3-4,7-8,11-15,18,27H,2,5-6,9-10,16H2,(H,33,35)(H,34,36)(H,37,38). The predicted molar refractivity (Wildman–Crippen MR) is 151 cm³/mol. The Morgan fingerprint density at radius 1 is 0.868 bits per heavy atom. The molecule has 0 saturated heterocycles. The van der Waals surface area contributed by atoms with E-state index >= 15 is 0 Å². The molecule has 1 aliphatic carbocycles. The first-order valence-electron chi connectivity index (χ1n) is 12.4. The second-order valence-electron chi connectivity index (χ2n) is 9.39. The van der Waals surface area contributed by atoms with Gasteiger partial charge in [0.15, 0.2) is 0 Å². The summed E-state index contributed by atoms with van der Waals surface area (Å²) in [4.78, 5) is 38.5. The highest BCUT2D eigenvalue weighted by Gasteiger charge is 2.31. The molecule has 1 unspecified atom stereocenters. The zero-order valence-electron chi connectivity index (χ0n) is 20.5. The van der Waals surface area contributed by atoms with Gasteiger partial charge in [0.1, 0.15) is 6.04 Å². The maximum Gasteiger partial charge on any atom is 0.326 e. The van der Waals surface area contributed by atoms with Crippen LogP contribution in [0.3, 0.4) is 0 Å². The minimum atomic E-state index is -1.07. The lowest BCUT2D eigenvalue weighted by atomic mass is 9.83. The third-order valence-corrected chi connectivity index (χ3v) is 7.66. The fourth-order valence-corrected chi connectivity index (χ4v) is 5.77. The molecular weight excluding hydrogens is 547 g/mol. The molecule has 0 radical (unpaired) electrons. The highest BCUT2D eigenvalue weighted by molar-refractivity contribution is 6.39. The number of benzene rings is 3. The van der Waals surface area contributed by atoms with Crippen LogP contribution in [0.1, 0.15) is 48.0 Å². The van der Waals surface area contributed by atoms with Gasteiger partial charge in [-0.05, 0) is 59.7 Å². The molecule has 0 aliphatic heterocycles. The number of amides is 2. The molecule has 1 saturated carbocycles. The molecule has 0 aromatic heterocycles. The molecule has 4 rings (SSSR count). The Labute approximate surface area is 236 Å². The summed E-state index contributed by atoms with van der Waals surface area (Å²) in [6, 6.07) is 16.6. The predicted octanol–water partition coefficient (Wildman–Crippen LogP) is 7.26. The number of anilines is 1. The van der Waals surface area contributed by atoms with Gasteiger partial charge in [-0.2, -0.15) is 0 Å². The Morgan fingerprint density at radius 2 is 1.53 bits per heavy atom. The van der Waals surface area contributed by atoms with Crippen molar-refractivity contribution >= 4 is 58.3 Å². The van der Waals surface area contributed by atoms with E-state index in [1.54, 1.807) is 18.2 Å². The normalized spacial score (nSPS) is 14.5. The summed E-state index contributed by atoms with van der Waals surface area (Å²) < 4.78 is 0.